The lowest BCUT2D eigenvalue weighted by Crippen LogP contribution is -2.26. The largest absolute Gasteiger partial charge is 0.506 e. The Balaban J connectivity index is 2.11. The molecule has 21 heavy (non-hydrogen) atoms. The zero-order valence-electron chi connectivity index (χ0n) is 11.6. The molecule has 3 rings (SSSR count). The Bertz CT molecular complexity index is 624. The zero-order valence-corrected chi connectivity index (χ0v) is 13.1. The predicted molar refractivity (Wildman–Crippen MR) is 87.2 cm³/mol. The van der Waals surface area contributed by atoms with Gasteiger partial charge in [0, 0.05) is 10.6 Å². The molecule has 1 heterocycles. The first kappa shape index (κ1) is 14.7. The number of aromatic hydroxyl groups is 1. The van der Waals surface area contributed by atoms with Crippen LogP contribution in [0.1, 0.15) is 30.0 Å². The minimum absolute atomic E-state index is 0.00935. The molecule has 1 aliphatic heterocycles. The van der Waals surface area contributed by atoms with E-state index >= 15 is 0 Å². The SMILES string of the molecule is Oc1c(Cl)cc(Cl)cc1C(c1ccccc1)N1CCCC1. The lowest BCUT2D eigenvalue weighted by Gasteiger charge is -2.29. The molecule has 2 nitrogen and oxygen atoms in total. The fourth-order valence-electron chi connectivity index (χ4n) is 3.02. The molecule has 0 saturated carbocycles. The lowest BCUT2D eigenvalue weighted by molar-refractivity contribution is 0.275. The molecular formula is C17H17Cl2NO. The highest BCUT2D eigenvalue weighted by atomic mass is 35.5. The van der Waals surface area contributed by atoms with E-state index in [-0.39, 0.29) is 11.8 Å². The van der Waals surface area contributed by atoms with E-state index in [1.165, 1.54) is 12.8 Å². The first-order chi connectivity index (χ1) is 10.2. The summed E-state index contributed by atoms with van der Waals surface area (Å²) in [5, 5.41) is 11.2. The van der Waals surface area contributed by atoms with E-state index in [2.05, 4.69) is 17.0 Å². The Labute approximate surface area is 134 Å². The summed E-state index contributed by atoms with van der Waals surface area (Å²) >= 11 is 12.3. The van der Waals surface area contributed by atoms with Crippen LogP contribution in [0.5, 0.6) is 5.75 Å². The summed E-state index contributed by atoms with van der Waals surface area (Å²) in [6.45, 7) is 2.03. The molecule has 0 bridgehead atoms. The average Bonchev–Trinajstić information content (AvgIpc) is 2.99. The van der Waals surface area contributed by atoms with Gasteiger partial charge < -0.3 is 5.11 Å². The van der Waals surface area contributed by atoms with E-state index < -0.39 is 0 Å². The van der Waals surface area contributed by atoms with Gasteiger partial charge in [-0.2, -0.15) is 0 Å². The molecule has 0 aliphatic carbocycles. The van der Waals surface area contributed by atoms with E-state index in [9.17, 15) is 5.11 Å². The van der Waals surface area contributed by atoms with Crippen LogP contribution in [0.15, 0.2) is 42.5 Å². The average molecular weight is 322 g/mol. The molecule has 1 saturated heterocycles. The predicted octanol–water partition coefficient (Wildman–Crippen LogP) is 4.88. The molecule has 0 spiro atoms. The minimum Gasteiger partial charge on any atom is -0.506 e. The number of halogens is 2. The summed E-state index contributed by atoms with van der Waals surface area (Å²) in [5.41, 5.74) is 1.92. The second-order valence-electron chi connectivity index (χ2n) is 5.38. The fraction of sp³-hybridized carbons (Fsp3) is 0.294. The third-order valence-corrected chi connectivity index (χ3v) is 4.48. The van der Waals surface area contributed by atoms with Gasteiger partial charge in [0.1, 0.15) is 5.75 Å². The highest BCUT2D eigenvalue weighted by Crippen LogP contribution is 2.41. The molecule has 2 aromatic rings. The third-order valence-electron chi connectivity index (χ3n) is 3.97. The molecule has 0 amide bonds. The Hall–Kier alpha value is -1.22. The van der Waals surface area contributed by atoms with Crippen molar-refractivity contribution in [2.45, 2.75) is 18.9 Å². The molecule has 2 aromatic carbocycles. The third kappa shape index (κ3) is 3.03. The van der Waals surface area contributed by atoms with Crippen molar-refractivity contribution in [3.05, 3.63) is 63.6 Å². The molecule has 0 radical (unpaired) electrons. The number of hydrogen-bond acceptors (Lipinski definition) is 2. The second-order valence-corrected chi connectivity index (χ2v) is 6.23. The monoisotopic (exact) mass is 321 g/mol. The maximum absolute atomic E-state index is 10.4. The quantitative estimate of drug-likeness (QED) is 0.870. The number of nitrogens with zero attached hydrogens (tertiary/aromatic N) is 1. The molecular weight excluding hydrogens is 305 g/mol. The Morgan fingerprint density at radius 3 is 2.33 bits per heavy atom. The second kappa shape index (κ2) is 6.27. The lowest BCUT2D eigenvalue weighted by atomic mass is 9.96. The summed E-state index contributed by atoms with van der Waals surface area (Å²) in [5.74, 6) is 0.127. The van der Waals surface area contributed by atoms with Crippen LogP contribution >= 0.6 is 23.2 Å². The van der Waals surface area contributed by atoms with Crippen molar-refractivity contribution >= 4 is 23.2 Å². The molecule has 1 fully saturated rings. The van der Waals surface area contributed by atoms with Crippen LogP contribution in [0.25, 0.3) is 0 Å². The van der Waals surface area contributed by atoms with Crippen LogP contribution in [-0.4, -0.2) is 23.1 Å². The van der Waals surface area contributed by atoms with Crippen molar-refractivity contribution in [2.75, 3.05) is 13.1 Å². The van der Waals surface area contributed by atoms with Crippen LogP contribution in [0.2, 0.25) is 10.0 Å². The summed E-state index contributed by atoms with van der Waals surface area (Å²) in [4.78, 5) is 2.37. The van der Waals surface area contributed by atoms with Gasteiger partial charge in [-0.05, 0) is 43.6 Å². The van der Waals surface area contributed by atoms with Gasteiger partial charge in [-0.15, -0.1) is 0 Å². The Kier molecular flexibility index (Phi) is 4.39. The van der Waals surface area contributed by atoms with Crippen LogP contribution < -0.4 is 0 Å². The number of likely N-dealkylation sites (tertiary alicyclic amines) is 1. The highest BCUT2D eigenvalue weighted by molar-refractivity contribution is 6.35. The summed E-state index contributed by atoms with van der Waals surface area (Å²) < 4.78 is 0. The van der Waals surface area contributed by atoms with Crippen LogP contribution in [-0.2, 0) is 0 Å². The van der Waals surface area contributed by atoms with Gasteiger partial charge in [0.2, 0.25) is 0 Å². The van der Waals surface area contributed by atoms with Crippen molar-refractivity contribution in [3.63, 3.8) is 0 Å². The van der Waals surface area contributed by atoms with Gasteiger partial charge in [-0.1, -0.05) is 53.5 Å². The van der Waals surface area contributed by atoms with E-state index in [1.54, 1.807) is 6.07 Å². The Morgan fingerprint density at radius 1 is 1.00 bits per heavy atom. The maximum atomic E-state index is 10.4. The first-order valence-corrected chi connectivity index (χ1v) is 7.89. The fourth-order valence-corrected chi connectivity index (χ4v) is 3.53. The number of hydrogen-bond donors (Lipinski definition) is 1. The van der Waals surface area contributed by atoms with Crippen molar-refractivity contribution in [1.29, 1.82) is 0 Å². The van der Waals surface area contributed by atoms with Gasteiger partial charge >= 0.3 is 0 Å². The molecule has 1 atom stereocenters. The molecule has 0 aromatic heterocycles. The normalized spacial score (nSPS) is 17.0. The van der Waals surface area contributed by atoms with Crippen molar-refractivity contribution < 1.29 is 5.11 Å². The van der Waals surface area contributed by atoms with E-state index in [4.69, 9.17) is 23.2 Å². The summed E-state index contributed by atoms with van der Waals surface area (Å²) in [6, 6.07) is 13.6. The van der Waals surface area contributed by atoms with Gasteiger partial charge in [0.25, 0.3) is 0 Å². The van der Waals surface area contributed by atoms with Crippen molar-refractivity contribution in [2.24, 2.45) is 0 Å². The highest BCUT2D eigenvalue weighted by Gasteiger charge is 2.28. The van der Waals surface area contributed by atoms with Gasteiger partial charge in [0.05, 0.1) is 11.1 Å². The maximum Gasteiger partial charge on any atom is 0.139 e. The number of phenolic OH excluding ortho intramolecular Hbond substituents is 1. The molecule has 1 N–H and O–H groups in total. The standard InChI is InChI=1S/C17H17Cl2NO/c18-13-10-14(17(21)15(19)11-13)16(20-8-4-5-9-20)12-6-2-1-3-7-12/h1-3,6-7,10-11,16,21H,4-5,8-9H2. The van der Waals surface area contributed by atoms with Gasteiger partial charge in [-0.25, -0.2) is 0 Å². The molecule has 1 aliphatic rings. The Morgan fingerprint density at radius 2 is 1.67 bits per heavy atom. The van der Waals surface area contributed by atoms with Crippen molar-refractivity contribution in [3.8, 4) is 5.75 Å². The molecule has 1 unspecified atom stereocenters. The first-order valence-electron chi connectivity index (χ1n) is 7.13. The number of phenols is 1. The van der Waals surface area contributed by atoms with Crippen LogP contribution in [0.4, 0.5) is 0 Å². The van der Waals surface area contributed by atoms with E-state index in [0.717, 1.165) is 24.2 Å². The van der Waals surface area contributed by atoms with Crippen molar-refractivity contribution in [1.82, 2.24) is 4.90 Å². The zero-order chi connectivity index (χ0) is 14.8. The summed E-state index contributed by atoms with van der Waals surface area (Å²) in [6.07, 6.45) is 2.36. The van der Waals surface area contributed by atoms with E-state index in [1.807, 2.05) is 24.3 Å². The van der Waals surface area contributed by atoms with Crippen LogP contribution in [0, 0.1) is 0 Å². The molecule has 110 valence electrons. The number of benzene rings is 2. The smallest absolute Gasteiger partial charge is 0.139 e. The molecule has 4 heteroatoms. The summed E-state index contributed by atoms with van der Waals surface area (Å²) in [7, 11) is 0. The van der Waals surface area contributed by atoms with Gasteiger partial charge in [-0.3, -0.25) is 4.90 Å². The number of rotatable bonds is 3. The minimum atomic E-state index is -0.00935. The van der Waals surface area contributed by atoms with Gasteiger partial charge in [0.15, 0.2) is 0 Å². The van der Waals surface area contributed by atoms with Crippen LogP contribution in [0.3, 0.4) is 0 Å². The topological polar surface area (TPSA) is 23.5 Å². The van der Waals surface area contributed by atoms with E-state index in [0.29, 0.717) is 10.0 Å².